The van der Waals surface area contributed by atoms with Crippen molar-refractivity contribution in [3.63, 3.8) is 0 Å². The van der Waals surface area contributed by atoms with Crippen molar-refractivity contribution in [1.82, 2.24) is 10.6 Å². The monoisotopic (exact) mass is 405 g/mol. The van der Waals surface area contributed by atoms with Crippen molar-refractivity contribution < 1.29 is 14.0 Å². The molecule has 0 aliphatic carbocycles. The molecule has 1 aromatic heterocycles. The number of carbonyl (C=O) groups excluding carboxylic acids is 2. The van der Waals surface area contributed by atoms with E-state index in [0.29, 0.717) is 18.8 Å². The second-order valence-corrected chi connectivity index (χ2v) is 7.99. The first-order chi connectivity index (χ1) is 14.4. The predicted molar refractivity (Wildman–Crippen MR) is 117 cm³/mol. The summed E-state index contributed by atoms with van der Waals surface area (Å²) in [5, 5.41) is 8.59. The molecule has 6 nitrogen and oxygen atoms in total. The summed E-state index contributed by atoms with van der Waals surface area (Å²) < 4.78 is 5.09. The van der Waals surface area contributed by atoms with Crippen molar-refractivity contribution in [2.75, 3.05) is 11.9 Å². The molecule has 3 aromatic rings. The number of urea groups is 1. The molecular weight excluding hydrogens is 378 g/mol. The van der Waals surface area contributed by atoms with Crippen molar-refractivity contribution in [3.8, 4) is 0 Å². The van der Waals surface area contributed by atoms with Gasteiger partial charge >= 0.3 is 6.03 Å². The Morgan fingerprint density at radius 2 is 1.67 bits per heavy atom. The summed E-state index contributed by atoms with van der Waals surface area (Å²) in [7, 11) is 0. The van der Waals surface area contributed by atoms with Gasteiger partial charge in [-0.3, -0.25) is 4.79 Å². The second-order valence-electron chi connectivity index (χ2n) is 7.99. The Labute approximate surface area is 176 Å². The lowest BCUT2D eigenvalue weighted by molar-refractivity contribution is 0.0996. The van der Waals surface area contributed by atoms with Crippen LogP contribution in [-0.4, -0.2) is 18.5 Å². The van der Waals surface area contributed by atoms with Crippen LogP contribution < -0.4 is 16.0 Å². The fourth-order valence-electron chi connectivity index (χ4n) is 3.13. The fourth-order valence-corrected chi connectivity index (χ4v) is 3.13. The minimum absolute atomic E-state index is 0.0608. The van der Waals surface area contributed by atoms with Crippen LogP contribution in [0.4, 0.5) is 10.5 Å². The van der Waals surface area contributed by atoms with E-state index in [1.165, 1.54) is 11.8 Å². The largest absolute Gasteiger partial charge is 0.459 e. The number of anilines is 1. The van der Waals surface area contributed by atoms with E-state index in [4.69, 9.17) is 4.42 Å². The molecule has 3 N–H and O–H groups in total. The van der Waals surface area contributed by atoms with Crippen LogP contribution in [0.1, 0.15) is 35.5 Å². The van der Waals surface area contributed by atoms with Crippen molar-refractivity contribution in [1.29, 1.82) is 0 Å². The predicted octanol–water partition coefficient (Wildman–Crippen LogP) is 4.60. The SMILES string of the molecule is CC(C)(CNC(=O)NCc1cccc(NC(=O)c2ccco2)c1)Cc1ccccc1. The van der Waals surface area contributed by atoms with Crippen molar-refractivity contribution in [2.45, 2.75) is 26.8 Å². The van der Waals surface area contributed by atoms with Gasteiger partial charge in [0, 0.05) is 18.8 Å². The number of nitrogens with one attached hydrogen (secondary N) is 3. The lowest BCUT2D eigenvalue weighted by atomic mass is 9.86. The van der Waals surface area contributed by atoms with Crippen LogP contribution in [0.2, 0.25) is 0 Å². The normalized spacial score (nSPS) is 11.0. The van der Waals surface area contributed by atoms with E-state index in [0.717, 1.165) is 12.0 Å². The van der Waals surface area contributed by atoms with Gasteiger partial charge in [0.2, 0.25) is 0 Å². The summed E-state index contributed by atoms with van der Waals surface area (Å²) in [5.74, 6) is -0.0699. The molecule has 2 aromatic carbocycles. The zero-order valence-corrected chi connectivity index (χ0v) is 17.3. The topological polar surface area (TPSA) is 83.4 Å². The van der Waals surface area contributed by atoms with Gasteiger partial charge in [-0.25, -0.2) is 4.79 Å². The average molecular weight is 405 g/mol. The average Bonchev–Trinajstić information content (AvgIpc) is 3.27. The maximum Gasteiger partial charge on any atom is 0.315 e. The third-order valence-corrected chi connectivity index (χ3v) is 4.64. The molecule has 3 amide bonds. The minimum atomic E-state index is -0.316. The highest BCUT2D eigenvalue weighted by molar-refractivity contribution is 6.02. The molecule has 1 heterocycles. The molecule has 0 aliphatic heterocycles. The molecule has 0 spiro atoms. The highest BCUT2D eigenvalue weighted by Crippen LogP contribution is 2.20. The summed E-state index contributed by atoms with van der Waals surface area (Å²) in [6.07, 6.45) is 2.33. The van der Waals surface area contributed by atoms with Gasteiger partial charge in [-0.1, -0.05) is 56.3 Å². The number of furan rings is 1. The Morgan fingerprint density at radius 1 is 0.900 bits per heavy atom. The quantitative estimate of drug-likeness (QED) is 0.512. The first-order valence-electron chi connectivity index (χ1n) is 9.91. The number of rotatable bonds is 8. The summed E-state index contributed by atoms with van der Waals surface area (Å²) >= 11 is 0. The number of amides is 3. The van der Waals surface area contributed by atoms with Crippen LogP contribution in [0, 0.1) is 5.41 Å². The first-order valence-corrected chi connectivity index (χ1v) is 9.91. The van der Waals surface area contributed by atoms with Crippen LogP contribution in [-0.2, 0) is 13.0 Å². The molecule has 0 radical (unpaired) electrons. The van der Waals surface area contributed by atoms with Gasteiger partial charge < -0.3 is 20.4 Å². The number of carbonyl (C=O) groups is 2. The zero-order chi connectivity index (χ0) is 21.4. The van der Waals surface area contributed by atoms with E-state index in [9.17, 15) is 9.59 Å². The number of hydrogen-bond acceptors (Lipinski definition) is 3. The molecule has 30 heavy (non-hydrogen) atoms. The molecule has 0 fully saturated rings. The molecule has 0 bridgehead atoms. The van der Waals surface area contributed by atoms with Gasteiger partial charge in [-0.15, -0.1) is 0 Å². The van der Waals surface area contributed by atoms with E-state index >= 15 is 0 Å². The van der Waals surface area contributed by atoms with Crippen LogP contribution in [0.3, 0.4) is 0 Å². The van der Waals surface area contributed by atoms with Gasteiger partial charge in [0.25, 0.3) is 5.91 Å². The van der Waals surface area contributed by atoms with E-state index in [1.807, 2.05) is 36.4 Å². The van der Waals surface area contributed by atoms with Gasteiger partial charge in [-0.05, 0) is 47.2 Å². The van der Waals surface area contributed by atoms with Crippen molar-refractivity contribution in [3.05, 3.63) is 89.9 Å². The summed E-state index contributed by atoms with van der Waals surface area (Å²) in [4.78, 5) is 24.3. The zero-order valence-electron chi connectivity index (χ0n) is 17.3. The lowest BCUT2D eigenvalue weighted by Crippen LogP contribution is -2.41. The van der Waals surface area contributed by atoms with Crippen molar-refractivity contribution >= 4 is 17.6 Å². The molecule has 3 rings (SSSR count). The Morgan fingerprint density at radius 3 is 2.40 bits per heavy atom. The Bertz CT molecular complexity index is 966. The molecule has 0 saturated carbocycles. The first kappa shape index (κ1) is 21.2. The summed E-state index contributed by atoms with van der Waals surface area (Å²) in [6.45, 7) is 5.18. The van der Waals surface area contributed by atoms with Crippen LogP contribution >= 0.6 is 0 Å². The van der Waals surface area contributed by atoms with E-state index in [-0.39, 0.29) is 23.1 Å². The van der Waals surface area contributed by atoms with Crippen LogP contribution in [0.15, 0.2) is 77.4 Å². The summed E-state index contributed by atoms with van der Waals surface area (Å²) in [6, 6.07) is 20.6. The maximum absolute atomic E-state index is 12.2. The minimum Gasteiger partial charge on any atom is -0.459 e. The molecule has 156 valence electrons. The Kier molecular flexibility index (Phi) is 6.91. The molecule has 0 aliphatic rings. The second kappa shape index (κ2) is 9.78. The number of benzene rings is 2. The molecular formula is C24H27N3O3. The number of hydrogen-bond donors (Lipinski definition) is 3. The highest BCUT2D eigenvalue weighted by Gasteiger charge is 2.19. The molecule has 0 saturated heterocycles. The van der Waals surface area contributed by atoms with Crippen LogP contribution in [0.25, 0.3) is 0 Å². The van der Waals surface area contributed by atoms with Gasteiger partial charge in [0.1, 0.15) is 0 Å². The Balaban J connectivity index is 1.46. The third kappa shape index (κ3) is 6.51. The van der Waals surface area contributed by atoms with E-state index < -0.39 is 0 Å². The molecule has 0 unspecified atom stereocenters. The van der Waals surface area contributed by atoms with Crippen molar-refractivity contribution in [2.24, 2.45) is 5.41 Å². The summed E-state index contributed by atoms with van der Waals surface area (Å²) in [5.41, 5.74) is 2.71. The van der Waals surface area contributed by atoms with E-state index in [1.54, 1.807) is 18.2 Å². The lowest BCUT2D eigenvalue weighted by Gasteiger charge is -2.25. The standard InChI is InChI=1S/C24H27N3O3/c1-24(2,15-18-8-4-3-5-9-18)17-26-23(29)25-16-19-10-6-11-20(14-19)27-22(28)21-12-7-13-30-21/h3-14H,15-17H2,1-2H3,(H,27,28)(H2,25,26,29). The molecule has 0 atom stereocenters. The Hall–Kier alpha value is -3.54. The third-order valence-electron chi connectivity index (χ3n) is 4.64. The van der Waals surface area contributed by atoms with Gasteiger partial charge in [0.05, 0.1) is 6.26 Å². The highest BCUT2D eigenvalue weighted by atomic mass is 16.3. The smallest absolute Gasteiger partial charge is 0.315 e. The van der Waals surface area contributed by atoms with Gasteiger partial charge in [-0.2, -0.15) is 0 Å². The molecule has 6 heteroatoms. The van der Waals surface area contributed by atoms with Crippen LogP contribution in [0.5, 0.6) is 0 Å². The van der Waals surface area contributed by atoms with E-state index in [2.05, 4.69) is 41.9 Å². The van der Waals surface area contributed by atoms with Gasteiger partial charge in [0.15, 0.2) is 5.76 Å². The fraction of sp³-hybridized carbons (Fsp3) is 0.250. The maximum atomic E-state index is 12.2.